The number of aliphatic hydroxyl groups excluding tert-OH is 1. The van der Waals surface area contributed by atoms with E-state index in [2.05, 4.69) is 36.1 Å². The fraction of sp³-hybridized carbons (Fsp3) is 0.415. The van der Waals surface area contributed by atoms with Gasteiger partial charge >= 0.3 is 6.18 Å². The largest absolute Gasteiger partial charge is 0.417 e. The van der Waals surface area contributed by atoms with E-state index < -0.39 is 81.8 Å². The molecule has 0 spiro atoms. The quantitative estimate of drug-likeness (QED) is 0.0481. The average Bonchev–Trinajstić information content (AvgIpc) is 3.97. The summed E-state index contributed by atoms with van der Waals surface area (Å²) in [5, 5.41) is 21.6. The molecule has 2 aliphatic rings. The molecule has 21 heteroatoms. The van der Waals surface area contributed by atoms with Gasteiger partial charge in [0, 0.05) is 81.0 Å². The van der Waals surface area contributed by atoms with Gasteiger partial charge in [-0.15, -0.1) is 11.3 Å². The molecular weight excluding hydrogens is 983 g/mol. The number of pyridine rings is 1. The summed E-state index contributed by atoms with van der Waals surface area (Å²) in [6.07, 6.45) is -5.21. The second kappa shape index (κ2) is 22.7. The van der Waals surface area contributed by atoms with Crippen molar-refractivity contribution >= 4 is 52.2 Å². The fourth-order valence-corrected chi connectivity index (χ4v) is 10.0. The summed E-state index contributed by atoms with van der Waals surface area (Å²) < 4.78 is 57.7. The number of hydrogen-bond donors (Lipinski definition) is 6. The molecule has 5 amide bonds. The molecule has 0 bridgehead atoms. The molecule has 1 unspecified atom stereocenters. The van der Waals surface area contributed by atoms with Crippen LogP contribution in [0.1, 0.15) is 91.4 Å². The number of alkyl halides is 3. The number of thiazole rings is 1. The first kappa shape index (κ1) is 54.8. The van der Waals surface area contributed by atoms with Crippen LogP contribution in [0.3, 0.4) is 0 Å². The van der Waals surface area contributed by atoms with E-state index in [-0.39, 0.29) is 73.4 Å². The Bertz CT molecular complexity index is 2950. The summed E-state index contributed by atoms with van der Waals surface area (Å²) >= 11 is 1.54. The summed E-state index contributed by atoms with van der Waals surface area (Å²) in [4.78, 5) is 92.9. The summed E-state index contributed by atoms with van der Waals surface area (Å²) in [5.74, 6) is -3.94. The monoisotopic (exact) mass is 1040 g/mol. The van der Waals surface area contributed by atoms with Gasteiger partial charge in [0.2, 0.25) is 23.3 Å². The highest BCUT2D eigenvalue weighted by molar-refractivity contribution is 7.13. The molecule has 2 aromatic heterocycles. The third-order valence-corrected chi connectivity index (χ3v) is 14.5. The molecule has 5 atom stereocenters. The SMILES string of the molecule is Cc1ncsc1-c1ccc(CNC(=O)[C@@H]2C[C@@H](O)CN2C(=O)C(NC(=O)CCCNC(=O)c2ccc(F)c(-c3ccc(N4C[C@@H](C)N(C)[C@@H](C)C4)c(NC(=O)c4c[nH]c(=O)cc4C(F)(F)F)c3)c2)C(C)(C)C)cc1. The Morgan fingerprint density at radius 2 is 1.59 bits per heavy atom. The molecule has 2 fully saturated rings. The van der Waals surface area contributed by atoms with E-state index in [9.17, 15) is 47.0 Å². The first-order valence-corrected chi connectivity index (χ1v) is 25.1. The summed E-state index contributed by atoms with van der Waals surface area (Å²) in [6, 6.07) is 14.4. The lowest BCUT2D eigenvalue weighted by atomic mass is 9.85. The van der Waals surface area contributed by atoms with Crippen LogP contribution < -0.4 is 31.7 Å². The number of hydrogen-bond acceptors (Lipinski definition) is 11. The number of likely N-dealkylation sites (N-methyl/N-ethyl adjacent to an activating group) is 1. The lowest BCUT2D eigenvalue weighted by Gasteiger charge is -2.44. The predicted molar refractivity (Wildman–Crippen MR) is 274 cm³/mol. The second-order valence-corrected chi connectivity index (χ2v) is 20.9. The number of anilines is 2. The molecule has 74 heavy (non-hydrogen) atoms. The van der Waals surface area contributed by atoms with Crippen LogP contribution in [0, 0.1) is 18.2 Å². The van der Waals surface area contributed by atoms with E-state index in [1.807, 2.05) is 57.0 Å². The molecule has 394 valence electrons. The Hall–Kier alpha value is -6.97. The Balaban J connectivity index is 0.983. The zero-order valence-electron chi connectivity index (χ0n) is 42.2. The number of likely N-dealkylation sites (tertiary alicyclic amines) is 1. The molecular formula is C53H61F4N9O7S. The van der Waals surface area contributed by atoms with Gasteiger partial charge in [0.05, 0.1) is 44.7 Å². The molecule has 3 aromatic carbocycles. The lowest BCUT2D eigenvalue weighted by molar-refractivity contribution is -0.144. The third-order valence-electron chi connectivity index (χ3n) is 13.5. The van der Waals surface area contributed by atoms with Crippen LogP contribution in [0.5, 0.6) is 0 Å². The smallest absolute Gasteiger partial charge is 0.391 e. The number of rotatable bonds is 15. The van der Waals surface area contributed by atoms with Gasteiger partial charge in [0.15, 0.2) is 0 Å². The van der Waals surface area contributed by atoms with Crippen LogP contribution in [0.25, 0.3) is 21.6 Å². The van der Waals surface area contributed by atoms with Crippen LogP contribution in [-0.2, 0) is 27.1 Å². The maximum atomic E-state index is 15.7. The van der Waals surface area contributed by atoms with Gasteiger partial charge in [-0.25, -0.2) is 9.37 Å². The van der Waals surface area contributed by atoms with Crippen molar-refractivity contribution < 1.29 is 46.6 Å². The topological polar surface area (TPSA) is 209 Å². The number of H-pyrrole nitrogens is 1. The summed E-state index contributed by atoms with van der Waals surface area (Å²) in [5.41, 5.74) is 1.18. The molecule has 0 saturated carbocycles. The number of aromatic nitrogens is 2. The highest BCUT2D eigenvalue weighted by Gasteiger charge is 2.44. The van der Waals surface area contributed by atoms with Crippen LogP contribution in [0.4, 0.5) is 28.9 Å². The Labute approximate surface area is 429 Å². The van der Waals surface area contributed by atoms with Crippen molar-refractivity contribution in [3.05, 3.63) is 123 Å². The maximum absolute atomic E-state index is 15.7. The lowest BCUT2D eigenvalue weighted by Crippen LogP contribution is -2.57. The van der Waals surface area contributed by atoms with E-state index in [4.69, 9.17) is 0 Å². The van der Waals surface area contributed by atoms with Crippen LogP contribution >= 0.6 is 11.3 Å². The van der Waals surface area contributed by atoms with Crippen molar-refractivity contribution in [2.45, 2.75) is 104 Å². The number of carbonyl (C=O) groups is 5. The first-order chi connectivity index (χ1) is 34.9. The summed E-state index contributed by atoms with van der Waals surface area (Å²) in [6.45, 7) is 12.4. The minimum atomic E-state index is -5.02. The van der Waals surface area contributed by atoms with Crippen molar-refractivity contribution in [1.82, 2.24) is 35.7 Å². The van der Waals surface area contributed by atoms with E-state index in [0.717, 1.165) is 27.8 Å². The number of aryl methyl sites for hydroxylation is 1. The average molecular weight is 1040 g/mol. The normalized spacial score (nSPS) is 18.7. The number of aliphatic hydroxyl groups is 1. The van der Waals surface area contributed by atoms with Gasteiger partial charge in [-0.3, -0.25) is 33.7 Å². The van der Waals surface area contributed by atoms with Crippen LogP contribution in [-0.4, -0.2) is 118 Å². The minimum absolute atomic E-state index is 0.0126. The zero-order chi connectivity index (χ0) is 53.8. The Morgan fingerprint density at radius 1 is 0.905 bits per heavy atom. The number of benzene rings is 3. The molecule has 6 N–H and O–H groups in total. The van der Waals surface area contributed by atoms with Crippen LogP contribution in [0.2, 0.25) is 0 Å². The van der Waals surface area contributed by atoms with Gasteiger partial charge in [-0.05, 0) is 86.7 Å². The number of aromatic amines is 1. The Kier molecular flexibility index (Phi) is 16.8. The number of nitrogens with one attached hydrogen (secondary N) is 5. The van der Waals surface area contributed by atoms with Crippen molar-refractivity contribution in [2.75, 3.05) is 43.4 Å². The molecule has 2 saturated heterocycles. The van der Waals surface area contributed by atoms with Crippen molar-refractivity contribution in [3.8, 4) is 21.6 Å². The van der Waals surface area contributed by atoms with Gasteiger partial charge in [0.1, 0.15) is 17.9 Å². The van der Waals surface area contributed by atoms with E-state index >= 15 is 4.39 Å². The molecule has 0 radical (unpaired) electrons. The highest BCUT2D eigenvalue weighted by Crippen LogP contribution is 2.37. The standard InChI is InChI=1S/C53H61F4N9O7S/c1-29-25-65(26-30(2)64(29)7)42-17-15-34(20-41(42)62-49(71)38-24-59-45(69)22-39(38)53(55,56)57)37-19-35(14-16-40(37)54)48(70)58-18-8-9-44(68)63-47(52(4,5)6)51(73)66-27-36(67)21-43(66)50(72)60-23-32-10-12-33(13-11-32)46-31(3)61-28-74-46/h10-17,19-20,22,24,28-30,36,43,47,67H,8-9,18,21,23,25-27H2,1-7H3,(H,58,70)(H,59,69)(H,60,72)(H,62,71)(H,63,68)/t29-,30+,36-,43+,47?/m1/s1. The number of amides is 5. The van der Waals surface area contributed by atoms with Crippen molar-refractivity contribution in [1.29, 1.82) is 0 Å². The van der Waals surface area contributed by atoms with Gasteiger partial charge in [0.25, 0.3) is 11.8 Å². The van der Waals surface area contributed by atoms with E-state index in [0.29, 0.717) is 31.0 Å². The number of nitrogens with zero attached hydrogens (tertiary/aromatic N) is 4. The molecule has 5 aromatic rings. The Morgan fingerprint density at radius 3 is 2.24 bits per heavy atom. The predicted octanol–water partition coefficient (Wildman–Crippen LogP) is 6.73. The number of β-amino-alcohol motifs (C(OH)–C–C–N with tert-alkyl or cyclic N) is 1. The van der Waals surface area contributed by atoms with E-state index in [1.165, 1.54) is 34.4 Å². The second-order valence-electron chi connectivity index (χ2n) is 20.1. The summed E-state index contributed by atoms with van der Waals surface area (Å²) in [7, 11) is 1.97. The number of carbonyl (C=O) groups excluding carboxylic acids is 5. The van der Waals surface area contributed by atoms with Gasteiger partial charge in [-0.2, -0.15) is 13.2 Å². The van der Waals surface area contributed by atoms with Gasteiger partial charge in [-0.1, -0.05) is 51.1 Å². The van der Waals surface area contributed by atoms with Crippen molar-refractivity contribution in [2.24, 2.45) is 5.41 Å². The van der Waals surface area contributed by atoms with Crippen molar-refractivity contribution in [3.63, 3.8) is 0 Å². The highest BCUT2D eigenvalue weighted by atomic mass is 32.1. The minimum Gasteiger partial charge on any atom is -0.391 e. The molecule has 16 nitrogen and oxygen atoms in total. The fourth-order valence-electron chi connectivity index (χ4n) is 9.22. The maximum Gasteiger partial charge on any atom is 0.417 e. The van der Waals surface area contributed by atoms with E-state index in [1.54, 1.807) is 38.4 Å². The number of halogens is 4. The first-order valence-electron chi connectivity index (χ1n) is 24.2. The van der Waals surface area contributed by atoms with Crippen LogP contribution in [0.15, 0.2) is 83.2 Å². The number of piperazine rings is 1. The van der Waals surface area contributed by atoms with Gasteiger partial charge < -0.3 is 41.2 Å². The third kappa shape index (κ3) is 12.9. The molecule has 7 rings (SSSR count). The molecule has 0 aliphatic carbocycles. The molecule has 4 heterocycles. The molecule has 2 aliphatic heterocycles. The zero-order valence-corrected chi connectivity index (χ0v) is 43.0.